The topological polar surface area (TPSA) is 76.1 Å². The molecule has 0 heterocycles. The third kappa shape index (κ3) is 6.27. The van der Waals surface area contributed by atoms with Gasteiger partial charge in [0.15, 0.2) is 6.61 Å². The molecule has 0 aliphatic carbocycles. The van der Waals surface area contributed by atoms with Crippen LogP contribution in [0.5, 0.6) is 5.75 Å². The molecule has 0 spiro atoms. The van der Waals surface area contributed by atoms with Gasteiger partial charge in [-0.3, -0.25) is 9.59 Å². The number of benzene rings is 1. The number of nitrogens with zero attached hydrogens (tertiary/aromatic N) is 1. The molecule has 1 amide bonds. The Morgan fingerprint density at radius 2 is 1.86 bits per heavy atom. The fraction of sp³-hybridized carbons (Fsp3) is 0.467. The summed E-state index contributed by atoms with van der Waals surface area (Å²) in [5.74, 6) is -0.0791. The van der Waals surface area contributed by atoms with Gasteiger partial charge in [0.25, 0.3) is 5.91 Å². The molecule has 1 N–H and O–H groups in total. The predicted octanol–water partition coefficient (Wildman–Crippen LogP) is 0.758. The zero-order chi connectivity index (χ0) is 15.7. The largest absolute Gasteiger partial charge is 0.484 e. The molecule has 6 heteroatoms. The number of esters is 1. The van der Waals surface area contributed by atoms with Crippen LogP contribution in [0.25, 0.3) is 0 Å². The summed E-state index contributed by atoms with van der Waals surface area (Å²) in [6.07, 6.45) is 0.0901. The highest BCUT2D eigenvalue weighted by atomic mass is 16.5. The Balaban J connectivity index is 2.48. The molecular weight excluding hydrogens is 274 g/mol. The van der Waals surface area contributed by atoms with E-state index in [1.165, 1.54) is 12.0 Å². The van der Waals surface area contributed by atoms with Crippen molar-refractivity contribution >= 4 is 11.9 Å². The van der Waals surface area contributed by atoms with Crippen molar-refractivity contribution in [3.05, 3.63) is 29.8 Å². The Labute approximate surface area is 124 Å². The number of hydrogen-bond donors (Lipinski definition) is 1. The standard InChI is InChI=1S/C15H21NO5/c1-12-3-5-13(6-4-12)21-11-14(18)16(9-10-17)8-7-15(19)20-2/h3-6,17H,7-11H2,1-2H3. The van der Waals surface area contributed by atoms with Crippen LogP contribution in [0.1, 0.15) is 12.0 Å². The first-order valence-corrected chi connectivity index (χ1v) is 6.71. The van der Waals surface area contributed by atoms with Crippen molar-refractivity contribution in [2.45, 2.75) is 13.3 Å². The molecule has 1 rings (SSSR count). The predicted molar refractivity (Wildman–Crippen MR) is 77.0 cm³/mol. The highest BCUT2D eigenvalue weighted by molar-refractivity contribution is 5.78. The summed E-state index contributed by atoms with van der Waals surface area (Å²) < 4.78 is 9.92. The molecule has 0 radical (unpaired) electrons. The second-order valence-electron chi connectivity index (χ2n) is 4.53. The summed E-state index contributed by atoms with van der Waals surface area (Å²) in [5.41, 5.74) is 1.11. The molecule has 1 aromatic rings. The van der Waals surface area contributed by atoms with Crippen molar-refractivity contribution in [2.24, 2.45) is 0 Å². The number of aryl methyl sites for hydroxylation is 1. The summed E-state index contributed by atoms with van der Waals surface area (Å²) in [7, 11) is 1.29. The van der Waals surface area contributed by atoms with Crippen LogP contribution in [-0.2, 0) is 14.3 Å². The molecule has 21 heavy (non-hydrogen) atoms. The van der Waals surface area contributed by atoms with E-state index < -0.39 is 5.97 Å². The van der Waals surface area contributed by atoms with Crippen LogP contribution in [0, 0.1) is 6.92 Å². The second kappa shape index (κ2) is 8.97. The summed E-state index contributed by atoms with van der Waals surface area (Å²) in [6.45, 7) is 2.02. The van der Waals surface area contributed by atoms with E-state index in [9.17, 15) is 9.59 Å². The van der Waals surface area contributed by atoms with Gasteiger partial charge in [-0.05, 0) is 19.1 Å². The number of ether oxygens (including phenoxy) is 2. The van der Waals surface area contributed by atoms with Crippen LogP contribution in [0.15, 0.2) is 24.3 Å². The lowest BCUT2D eigenvalue weighted by Gasteiger charge is -2.21. The summed E-state index contributed by atoms with van der Waals surface area (Å²) >= 11 is 0. The van der Waals surface area contributed by atoms with Gasteiger partial charge in [0.05, 0.1) is 20.1 Å². The van der Waals surface area contributed by atoms with E-state index in [2.05, 4.69) is 4.74 Å². The summed E-state index contributed by atoms with van der Waals surface area (Å²) in [5, 5.41) is 8.97. The minimum atomic E-state index is -0.398. The maximum absolute atomic E-state index is 12.0. The molecule has 0 fully saturated rings. The minimum Gasteiger partial charge on any atom is -0.484 e. The van der Waals surface area contributed by atoms with Crippen LogP contribution < -0.4 is 4.74 Å². The quantitative estimate of drug-likeness (QED) is 0.717. The fourth-order valence-corrected chi connectivity index (χ4v) is 1.68. The third-order valence-corrected chi connectivity index (χ3v) is 2.92. The van der Waals surface area contributed by atoms with Gasteiger partial charge in [-0.1, -0.05) is 17.7 Å². The molecule has 0 aromatic heterocycles. The summed E-state index contributed by atoms with van der Waals surface area (Å²) in [6, 6.07) is 7.35. The number of rotatable bonds is 8. The van der Waals surface area contributed by atoms with Crippen molar-refractivity contribution in [1.29, 1.82) is 0 Å². The van der Waals surface area contributed by atoms with Crippen molar-refractivity contribution in [3.63, 3.8) is 0 Å². The molecule has 0 aliphatic heterocycles. The molecule has 116 valence electrons. The fourth-order valence-electron chi connectivity index (χ4n) is 1.68. The lowest BCUT2D eigenvalue weighted by molar-refractivity contribution is -0.142. The molecule has 0 unspecified atom stereocenters. The van der Waals surface area contributed by atoms with E-state index in [0.29, 0.717) is 5.75 Å². The number of hydrogen-bond acceptors (Lipinski definition) is 5. The highest BCUT2D eigenvalue weighted by Gasteiger charge is 2.15. The lowest BCUT2D eigenvalue weighted by atomic mass is 10.2. The Bertz CT molecular complexity index is 458. The van der Waals surface area contributed by atoms with Gasteiger partial charge in [-0.25, -0.2) is 0 Å². The maximum atomic E-state index is 12.0. The Kier molecular flexibility index (Phi) is 7.25. The van der Waals surface area contributed by atoms with Gasteiger partial charge >= 0.3 is 5.97 Å². The SMILES string of the molecule is COC(=O)CCN(CCO)C(=O)COc1ccc(C)cc1. The monoisotopic (exact) mass is 295 g/mol. The van der Waals surface area contributed by atoms with Crippen LogP contribution in [0.2, 0.25) is 0 Å². The van der Waals surface area contributed by atoms with Gasteiger partial charge in [0, 0.05) is 13.1 Å². The molecule has 0 atom stereocenters. The first-order chi connectivity index (χ1) is 10.1. The first-order valence-electron chi connectivity index (χ1n) is 6.71. The van der Waals surface area contributed by atoms with Crippen LogP contribution in [-0.4, -0.2) is 55.3 Å². The zero-order valence-corrected chi connectivity index (χ0v) is 12.4. The number of aliphatic hydroxyl groups is 1. The second-order valence-corrected chi connectivity index (χ2v) is 4.53. The van der Waals surface area contributed by atoms with Crippen molar-refractivity contribution in [2.75, 3.05) is 33.4 Å². The van der Waals surface area contributed by atoms with Crippen LogP contribution >= 0.6 is 0 Å². The normalized spacial score (nSPS) is 10.0. The van der Waals surface area contributed by atoms with E-state index in [4.69, 9.17) is 9.84 Å². The molecule has 1 aromatic carbocycles. The number of amides is 1. The molecule has 0 saturated carbocycles. The highest BCUT2D eigenvalue weighted by Crippen LogP contribution is 2.11. The smallest absolute Gasteiger partial charge is 0.307 e. The zero-order valence-electron chi connectivity index (χ0n) is 12.4. The van der Waals surface area contributed by atoms with Crippen LogP contribution in [0.3, 0.4) is 0 Å². The third-order valence-electron chi connectivity index (χ3n) is 2.92. The van der Waals surface area contributed by atoms with Crippen molar-refractivity contribution in [3.8, 4) is 5.75 Å². The van der Waals surface area contributed by atoms with Gasteiger partial charge in [-0.15, -0.1) is 0 Å². The van der Waals surface area contributed by atoms with E-state index in [-0.39, 0.29) is 38.6 Å². The first kappa shape index (κ1) is 17.0. The molecule has 0 aliphatic rings. The summed E-state index contributed by atoms with van der Waals surface area (Å²) in [4.78, 5) is 24.5. The average molecular weight is 295 g/mol. The van der Waals surface area contributed by atoms with Crippen molar-refractivity contribution in [1.82, 2.24) is 4.90 Å². The van der Waals surface area contributed by atoms with Gasteiger partial charge in [0.2, 0.25) is 0 Å². The van der Waals surface area contributed by atoms with E-state index >= 15 is 0 Å². The Morgan fingerprint density at radius 3 is 2.43 bits per heavy atom. The van der Waals surface area contributed by atoms with Gasteiger partial charge in [0.1, 0.15) is 5.75 Å². The molecule has 0 saturated heterocycles. The van der Waals surface area contributed by atoms with E-state index in [0.717, 1.165) is 5.56 Å². The Hall–Kier alpha value is -2.08. The number of aliphatic hydroxyl groups excluding tert-OH is 1. The van der Waals surface area contributed by atoms with E-state index in [1.54, 1.807) is 12.1 Å². The number of carbonyl (C=O) groups is 2. The lowest BCUT2D eigenvalue weighted by Crippen LogP contribution is -2.38. The average Bonchev–Trinajstić information content (AvgIpc) is 2.50. The van der Waals surface area contributed by atoms with Gasteiger partial charge in [-0.2, -0.15) is 0 Å². The maximum Gasteiger partial charge on any atom is 0.307 e. The number of methoxy groups -OCH3 is 1. The van der Waals surface area contributed by atoms with Crippen LogP contribution in [0.4, 0.5) is 0 Å². The van der Waals surface area contributed by atoms with E-state index in [1.807, 2.05) is 19.1 Å². The molecule has 0 bridgehead atoms. The Morgan fingerprint density at radius 1 is 1.19 bits per heavy atom. The number of carbonyl (C=O) groups excluding carboxylic acids is 2. The van der Waals surface area contributed by atoms with Gasteiger partial charge < -0.3 is 19.5 Å². The molecular formula is C15H21NO5. The van der Waals surface area contributed by atoms with Crippen molar-refractivity contribution < 1.29 is 24.2 Å². The minimum absolute atomic E-state index is 0.0901. The molecule has 6 nitrogen and oxygen atoms in total.